The van der Waals surface area contributed by atoms with Crippen molar-refractivity contribution in [2.75, 3.05) is 20.3 Å². The molecule has 0 aliphatic carbocycles. The second-order valence-electron chi connectivity index (χ2n) is 3.26. The molecule has 2 rings (SSSR count). The number of nitro groups is 1. The van der Waals surface area contributed by atoms with Gasteiger partial charge in [0.25, 0.3) is 5.69 Å². The number of non-ortho nitro benzene ring substituents is 1. The predicted octanol–water partition coefficient (Wildman–Crippen LogP) is 1.65. The van der Waals surface area contributed by atoms with Crippen molar-refractivity contribution in [3.8, 4) is 5.75 Å². The monoisotopic (exact) mass is 225 g/mol. The van der Waals surface area contributed by atoms with E-state index in [2.05, 4.69) is 0 Å². The fourth-order valence-electron chi connectivity index (χ4n) is 1.56. The van der Waals surface area contributed by atoms with Gasteiger partial charge in [-0.05, 0) is 6.07 Å². The van der Waals surface area contributed by atoms with Crippen LogP contribution in [0.15, 0.2) is 18.2 Å². The molecule has 1 aliphatic rings. The molecular weight excluding hydrogens is 214 g/mol. The third-order valence-corrected chi connectivity index (χ3v) is 2.30. The number of ether oxygens (including phenoxy) is 3. The first-order valence-corrected chi connectivity index (χ1v) is 4.78. The van der Waals surface area contributed by atoms with E-state index >= 15 is 0 Å². The number of hydrogen-bond donors (Lipinski definition) is 0. The van der Waals surface area contributed by atoms with E-state index < -0.39 is 11.2 Å². The third-order valence-electron chi connectivity index (χ3n) is 2.30. The minimum absolute atomic E-state index is 0.00472. The van der Waals surface area contributed by atoms with Crippen molar-refractivity contribution < 1.29 is 19.1 Å². The Labute approximate surface area is 91.9 Å². The first kappa shape index (κ1) is 10.8. The molecular formula is C10H11NO5. The van der Waals surface area contributed by atoms with Gasteiger partial charge in [-0.3, -0.25) is 10.1 Å². The summed E-state index contributed by atoms with van der Waals surface area (Å²) in [6.07, 6.45) is -0.574. The smallest absolute Gasteiger partial charge is 0.270 e. The van der Waals surface area contributed by atoms with Crippen LogP contribution in [0.2, 0.25) is 0 Å². The van der Waals surface area contributed by atoms with Gasteiger partial charge in [0.15, 0.2) is 6.29 Å². The Morgan fingerprint density at radius 1 is 1.44 bits per heavy atom. The molecule has 1 fully saturated rings. The van der Waals surface area contributed by atoms with Crippen LogP contribution in [0.1, 0.15) is 11.9 Å². The van der Waals surface area contributed by atoms with Gasteiger partial charge in [0.1, 0.15) is 5.75 Å². The van der Waals surface area contributed by atoms with Crippen LogP contribution < -0.4 is 4.74 Å². The fraction of sp³-hybridized carbons (Fsp3) is 0.400. The summed E-state index contributed by atoms with van der Waals surface area (Å²) in [6, 6.07) is 4.34. The minimum atomic E-state index is -0.574. The van der Waals surface area contributed by atoms with E-state index in [0.29, 0.717) is 24.5 Å². The number of hydrogen-bond acceptors (Lipinski definition) is 5. The van der Waals surface area contributed by atoms with Gasteiger partial charge < -0.3 is 14.2 Å². The van der Waals surface area contributed by atoms with E-state index in [1.807, 2.05) is 0 Å². The number of methoxy groups -OCH3 is 1. The topological polar surface area (TPSA) is 70.8 Å². The molecule has 0 bridgehead atoms. The Morgan fingerprint density at radius 2 is 2.12 bits per heavy atom. The lowest BCUT2D eigenvalue weighted by molar-refractivity contribution is -0.385. The summed E-state index contributed by atoms with van der Waals surface area (Å²) in [5, 5.41) is 10.7. The quantitative estimate of drug-likeness (QED) is 0.577. The van der Waals surface area contributed by atoms with Gasteiger partial charge in [0, 0.05) is 12.1 Å². The summed E-state index contributed by atoms with van der Waals surface area (Å²) < 4.78 is 15.7. The van der Waals surface area contributed by atoms with Crippen molar-refractivity contribution in [1.29, 1.82) is 0 Å². The molecule has 1 saturated heterocycles. The van der Waals surface area contributed by atoms with Crippen LogP contribution in [-0.2, 0) is 9.47 Å². The second kappa shape index (κ2) is 4.46. The van der Waals surface area contributed by atoms with Gasteiger partial charge in [-0.25, -0.2) is 0 Å². The Kier molecular flexibility index (Phi) is 3.02. The first-order valence-electron chi connectivity index (χ1n) is 4.78. The maximum absolute atomic E-state index is 10.7. The van der Waals surface area contributed by atoms with E-state index in [0.717, 1.165) is 0 Å². The van der Waals surface area contributed by atoms with Crippen LogP contribution >= 0.6 is 0 Å². The van der Waals surface area contributed by atoms with Crippen LogP contribution in [0.5, 0.6) is 5.75 Å². The summed E-state index contributed by atoms with van der Waals surface area (Å²) in [4.78, 5) is 10.2. The zero-order valence-electron chi connectivity index (χ0n) is 8.71. The van der Waals surface area contributed by atoms with Gasteiger partial charge >= 0.3 is 0 Å². The zero-order chi connectivity index (χ0) is 11.5. The molecule has 0 atom stereocenters. The van der Waals surface area contributed by atoms with Crippen molar-refractivity contribution in [3.63, 3.8) is 0 Å². The predicted molar refractivity (Wildman–Crippen MR) is 54.3 cm³/mol. The van der Waals surface area contributed by atoms with E-state index in [4.69, 9.17) is 14.2 Å². The average Bonchev–Trinajstić information content (AvgIpc) is 2.81. The molecule has 6 heteroatoms. The molecule has 1 aromatic rings. The van der Waals surface area contributed by atoms with Gasteiger partial charge in [0.2, 0.25) is 0 Å². The van der Waals surface area contributed by atoms with Gasteiger partial charge in [-0.2, -0.15) is 0 Å². The number of rotatable bonds is 3. The number of benzene rings is 1. The van der Waals surface area contributed by atoms with Gasteiger partial charge in [0.05, 0.1) is 30.8 Å². The highest BCUT2D eigenvalue weighted by Crippen LogP contribution is 2.33. The zero-order valence-corrected chi connectivity index (χ0v) is 8.71. The Hall–Kier alpha value is -1.66. The molecule has 0 N–H and O–H groups in total. The lowest BCUT2D eigenvalue weighted by Crippen LogP contribution is -2.02. The molecule has 16 heavy (non-hydrogen) atoms. The highest BCUT2D eigenvalue weighted by atomic mass is 16.7. The lowest BCUT2D eigenvalue weighted by atomic mass is 10.1. The summed E-state index contributed by atoms with van der Waals surface area (Å²) in [6.45, 7) is 0.965. The Balaban J connectivity index is 2.38. The maximum Gasteiger partial charge on any atom is 0.270 e. The van der Waals surface area contributed by atoms with Crippen molar-refractivity contribution in [2.24, 2.45) is 0 Å². The highest BCUT2D eigenvalue weighted by molar-refractivity contribution is 5.44. The van der Waals surface area contributed by atoms with Gasteiger partial charge in [-0.1, -0.05) is 0 Å². The van der Waals surface area contributed by atoms with Crippen LogP contribution in [-0.4, -0.2) is 25.2 Å². The van der Waals surface area contributed by atoms with Gasteiger partial charge in [-0.15, -0.1) is 0 Å². The summed E-state index contributed by atoms with van der Waals surface area (Å²) in [7, 11) is 1.50. The van der Waals surface area contributed by atoms with E-state index in [1.165, 1.54) is 19.2 Å². The summed E-state index contributed by atoms with van der Waals surface area (Å²) in [5.74, 6) is 0.525. The molecule has 1 heterocycles. The number of nitrogens with zero attached hydrogens (tertiary/aromatic N) is 1. The first-order chi connectivity index (χ1) is 7.72. The highest BCUT2D eigenvalue weighted by Gasteiger charge is 2.24. The van der Waals surface area contributed by atoms with E-state index in [-0.39, 0.29) is 5.69 Å². The normalized spacial score (nSPS) is 16.3. The van der Waals surface area contributed by atoms with Crippen LogP contribution in [0.25, 0.3) is 0 Å². The van der Waals surface area contributed by atoms with Crippen molar-refractivity contribution in [1.82, 2.24) is 0 Å². The third kappa shape index (κ3) is 1.98. The molecule has 0 aromatic heterocycles. The summed E-state index contributed by atoms with van der Waals surface area (Å²) >= 11 is 0. The minimum Gasteiger partial charge on any atom is -0.496 e. The standard InChI is InChI=1S/C10H11NO5/c1-14-9-3-2-7(11(12)13)6-8(9)10-15-4-5-16-10/h2-3,6,10H,4-5H2,1H3. The van der Waals surface area contributed by atoms with Crippen LogP contribution in [0, 0.1) is 10.1 Å². The van der Waals surface area contributed by atoms with Crippen LogP contribution in [0.4, 0.5) is 5.69 Å². The molecule has 86 valence electrons. The average molecular weight is 225 g/mol. The van der Waals surface area contributed by atoms with Crippen molar-refractivity contribution >= 4 is 5.69 Å². The maximum atomic E-state index is 10.7. The molecule has 0 saturated carbocycles. The largest absolute Gasteiger partial charge is 0.496 e. The molecule has 6 nitrogen and oxygen atoms in total. The molecule has 0 spiro atoms. The van der Waals surface area contributed by atoms with Crippen molar-refractivity contribution in [2.45, 2.75) is 6.29 Å². The molecule has 1 aliphatic heterocycles. The van der Waals surface area contributed by atoms with E-state index in [1.54, 1.807) is 6.07 Å². The molecule has 0 unspecified atom stereocenters. The Bertz CT molecular complexity index is 400. The van der Waals surface area contributed by atoms with E-state index in [9.17, 15) is 10.1 Å². The second-order valence-corrected chi connectivity index (χ2v) is 3.26. The van der Waals surface area contributed by atoms with Crippen LogP contribution in [0.3, 0.4) is 0 Å². The lowest BCUT2D eigenvalue weighted by Gasteiger charge is -2.13. The van der Waals surface area contributed by atoms with Crippen molar-refractivity contribution in [3.05, 3.63) is 33.9 Å². The molecule has 0 radical (unpaired) electrons. The number of nitro benzene ring substituents is 1. The molecule has 1 aromatic carbocycles. The Morgan fingerprint density at radius 3 is 2.69 bits per heavy atom. The molecule has 0 amide bonds. The fourth-order valence-corrected chi connectivity index (χ4v) is 1.56. The SMILES string of the molecule is COc1ccc([N+](=O)[O-])cc1C1OCCO1. The summed E-state index contributed by atoms with van der Waals surface area (Å²) in [5.41, 5.74) is 0.545.